The topological polar surface area (TPSA) is 93.5 Å². The van der Waals surface area contributed by atoms with E-state index in [1.165, 1.54) is 0 Å². The summed E-state index contributed by atoms with van der Waals surface area (Å²) in [5, 5.41) is 16.7. The van der Waals surface area contributed by atoms with E-state index in [1.807, 2.05) is 49.5 Å². The maximum atomic E-state index is 12.6. The highest BCUT2D eigenvalue weighted by Crippen LogP contribution is 2.58. The van der Waals surface area contributed by atoms with Crippen LogP contribution in [0, 0.1) is 5.41 Å². The monoisotopic (exact) mass is 341 g/mol. The van der Waals surface area contributed by atoms with E-state index in [0.717, 1.165) is 11.4 Å². The zero-order chi connectivity index (χ0) is 17.7. The number of carbonyl (C=O) groups excluding carboxylic acids is 1. The normalized spacial score (nSPS) is 28.2. The van der Waals surface area contributed by atoms with Crippen molar-refractivity contribution in [3.8, 4) is 5.69 Å². The lowest BCUT2D eigenvalue weighted by molar-refractivity contribution is -0.158. The fraction of sp³-hybridized carbons (Fsp3) is 0.389. The SMILES string of the molecule is CC(NC(=O)C12CC(C(=O)O)(CO1)C2)c1ccn(-c2ccccc2)n1. The lowest BCUT2D eigenvalue weighted by Crippen LogP contribution is -2.57. The summed E-state index contributed by atoms with van der Waals surface area (Å²) in [5.41, 5.74) is -0.199. The van der Waals surface area contributed by atoms with Crippen LogP contribution in [0.4, 0.5) is 0 Å². The summed E-state index contributed by atoms with van der Waals surface area (Å²) in [6.07, 6.45) is 2.33. The third-order valence-electron chi connectivity index (χ3n) is 5.16. The van der Waals surface area contributed by atoms with Gasteiger partial charge in [0.15, 0.2) is 0 Å². The van der Waals surface area contributed by atoms with E-state index in [0.29, 0.717) is 0 Å². The molecule has 1 aromatic carbocycles. The van der Waals surface area contributed by atoms with Gasteiger partial charge in [0.05, 0.1) is 29.4 Å². The molecule has 3 fully saturated rings. The third kappa shape index (κ3) is 2.42. The van der Waals surface area contributed by atoms with E-state index in [-0.39, 0.29) is 31.4 Å². The standard InChI is InChI=1S/C18H19N3O4/c1-12(14-7-8-21(20-14)13-5-3-2-4-6-13)19-15(22)18-9-17(10-18,11-25-18)16(23)24/h2-8,12H,9-11H2,1H3,(H,19,22)(H,23,24). The lowest BCUT2D eigenvalue weighted by atomic mass is 9.62. The molecule has 0 radical (unpaired) electrons. The number of para-hydroxylation sites is 1. The Balaban J connectivity index is 1.43. The van der Waals surface area contributed by atoms with Crippen LogP contribution in [-0.4, -0.2) is 39.0 Å². The maximum absolute atomic E-state index is 12.6. The van der Waals surface area contributed by atoms with Crippen molar-refractivity contribution in [2.24, 2.45) is 5.41 Å². The molecule has 7 heteroatoms. The summed E-state index contributed by atoms with van der Waals surface area (Å²) in [4.78, 5) is 23.8. The smallest absolute Gasteiger partial charge is 0.312 e. The average molecular weight is 341 g/mol. The Bertz CT molecular complexity index is 824. The van der Waals surface area contributed by atoms with Gasteiger partial charge in [0.25, 0.3) is 5.91 Å². The first-order valence-corrected chi connectivity index (χ1v) is 8.24. The molecular formula is C18H19N3O4. The molecule has 0 spiro atoms. The third-order valence-corrected chi connectivity index (χ3v) is 5.16. The fourth-order valence-electron chi connectivity index (χ4n) is 3.66. The summed E-state index contributed by atoms with van der Waals surface area (Å²) in [5.74, 6) is -1.15. The molecule has 130 valence electrons. The molecule has 2 bridgehead atoms. The van der Waals surface area contributed by atoms with Crippen LogP contribution in [0.5, 0.6) is 0 Å². The predicted molar refractivity (Wildman–Crippen MR) is 88.1 cm³/mol. The van der Waals surface area contributed by atoms with Crippen molar-refractivity contribution in [2.75, 3.05) is 6.61 Å². The minimum Gasteiger partial charge on any atom is -0.481 e. The van der Waals surface area contributed by atoms with Crippen LogP contribution in [-0.2, 0) is 14.3 Å². The number of aliphatic carboxylic acids is 1. The van der Waals surface area contributed by atoms with Crippen LogP contribution >= 0.6 is 0 Å². The number of benzene rings is 1. The Hall–Kier alpha value is -2.67. The van der Waals surface area contributed by atoms with Crippen molar-refractivity contribution in [3.63, 3.8) is 0 Å². The molecule has 1 aliphatic carbocycles. The second-order valence-electron chi connectivity index (χ2n) is 6.94. The number of hydrogen-bond acceptors (Lipinski definition) is 4. The Morgan fingerprint density at radius 3 is 2.64 bits per heavy atom. The largest absolute Gasteiger partial charge is 0.481 e. The second kappa shape index (κ2) is 5.42. The zero-order valence-corrected chi connectivity index (χ0v) is 13.8. The van der Waals surface area contributed by atoms with Crippen LogP contribution in [0.2, 0.25) is 0 Å². The number of rotatable bonds is 5. The van der Waals surface area contributed by atoms with E-state index < -0.39 is 17.0 Å². The van der Waals surface area contributed by atoms with Gasteiger partial charge >= 0.3 is 5.97 Å². The quantitative estimate of drug-likeness (QED) is 0.863. The Morgan fingerprint density at radius 1 is 1.28 bits per heavy atom. The van der Waals surface area contributed by atoms with Gasteiger partial charge in [-0.05, 0) is 25.1 Å². The maximum Gasteiger partial charge on any atom is 0.312 e. The molecule has 3 heterocycles. The van der Waals surface area contributed by atoms with Gasteiger partial charge in [0, 0.05) is 19.0 Å². The Kier molecular flexibility index (Phi) is 3.43. The highest BCUT2D eigenvalue weighted by molar-refractivity contribution is 5.92. The summed E-state index contributed by atoms with van der Waals surface area (Å²) in [6.45, 7) is 1.96. The van der Waals surface area contributed by atoms with Crippen LogP contribution in [0.25, 0.3) is 5.69 Å². The molecule has 5 rings (SSSR count). The number of carboxylic acids is 1. The lowest BCUT2D eigenvalue weighted by Gasteiger charge is -2.40. The number of hydrogen-bond donors (Lipinski definition) is 2. The van der Waals surface area contributed by atoms with Crippen molar-refractivity contribution in [1.82, 2.24) is 15.1 Å². The minimum absolute atomic E-state index is 0.104. The van der Waals surface area contributed by atoms with Gasteiger partial charge in [-0.25, -0.2) is 4.68 Å². The van der Waals surface area contributed by atoms with E-state index >= 15 is 0 Å². The Labute approximate surface area is 144 Å². The molecule has 1 saturated carbocycles. The highest BCUT2D eigenvalue weighted by Gasteiger charge is 2.70. The van der Waals surface area contributed by atoms with Crippen molar-refractivity contribution in [3.05, 3.63) is 48.3 Å². The molecule has 2 saturated heterocycles. The van der Waals surface area contributed by atoms with E-state index in [9.17, 15) is 14.7 Å². The number of ether oxygens (including phenoxy) is 1. The fourth-order valence-corrected chi connectivity index (χ4v) is 3.66. The first kappa shape index (κ1) is 15.8. The molecule has 1 unspecified atom stereocenters. The Morgan fingerprint density at radius 2 is 2.00 bits per heavy atom. The van der Waals surface area contributed by atoms with Gasteiger partial charge in [-0.3, -0.25) is 9.59 Å². The molecule has 3 aliphatic rings. The first-order chi connectivity index (χ1) is 11.9. The highest BCUT2D eigenvalue weighted by atomic mass is 16.5. The molecule has 2 aromatic rings. The molecular weight excluding hydrogens is 322 g/mol. The summed E-state index contributed by atoms with van der Waals surface area (Å²) in [7, 11) is 0. The molecule has 7 nitrogen and oxygen atoms in total. The predicted octanol–water partition coefficient (Wildman–Crippen LogP) is 1.68. The number of amides is 1. The molecule has 25 heavy (non-hydrogen) atoms. The van der Waals surface area contributed by atoms with E-state index in [2.05, 4.69) is 10.4 Å². The summed E-state index contributed by atoms with van der Waals surface area (Å²) >= 11 is 0. The van der Waals surface area contributed by atoms with E-state index in [4.69, 9.17) is 4.74 Å². The zero-order valence-electron chi connectivity index (χ0n) is 13.8. The van der Waals surface area contributed by atoms with Gasteiger partial charge in [-0.2, -0.15) is 5.10 Å². The van der Waals surface area contributed by atoms with Crippen LogP contribution < -0.4 is 5.32 Å². The number of nitrogens with one attached hydrogen (secondary N) is 1. The number of carbonyl (C=O) groups is 2. The van der Waals surface area contributed by atoms with Crippen LogP contribution in [0.15, 0.2) is 42.6 Å². The van der Waals surface area contributed by atoms with Gasteiger partial charge in [0.2, 0.25) is 0 Å². The number of nitrogens with zero attached hydrogens (tertiary/aromatic N) is 2. The average Bonchev–Trinajstić information content (AvgIpc) is 3.29. The molecule has 1 amide bonds. The van der Waals surface area contributed by atoms with Gasteiger partial charge in [-0.15, -0.1) is 0 Å². The van der Waals surface area contributed by atoms with Crippen LogP contribution in [0.1, 0.15) is 31.5 Å². The minimum atomic E-state index is -0.991. The molecule has 2 aliphatic heterocycles. The van der Waals surface area contributed by atoms with E-state index in [1.54, 1.807) is 4.68 Å². The molecule has 1 atom stereocenters. The van der Waals surface area contributed by atoms with Crippen molar-refractivity contribution in [2.45, 2.75) is 31.4 Å². The molecule has 2 N–H and O–H groups in total. The second-order valence-corrected chi connectivity index (χ2v) is 6.94. The summed E-state index contributed by atoms with van der Waals surface area (Å²) < 4.78 is 7.28. The van der Waals surface area contributed by atoms with Crippen molar-refractivity contribution < 1.29 is 19.4 Å². The van der Waals surface area contributed by atoms with Gasteiger partial charge in [0.1, 0.15) is 5.60 Å². The number of carboxylic acid groups (broad SMARTS) is 1. The number of aromatic nitrogens is 2. The molecule has 1 aromatic heterocycles. The number of fused-ring (bicyclic) bond motifs is 1. The summed E-state index contributed by atoms with van der Waals surface area (Å²) in [6, 6.07) is 11.3. The first-order valence-electron chi connectivity index (χ1n) is 8.24. The van der Waals surface area contributed by atoms with Crippen LogP contribution in [0.3, 0.4) is 0 Å². The van der Waals surface area contributed by atoms with Crippen molar-refractivity contribution in [1.29, 1.82) is 0 Å². The van der Waals surface area contributed by atoms with Gasteiger partial charge < -0.3 is 15.2 Å². The van der Waals surface area contributed by atoms with Gasteiger partial charge in [-0.1, -0.05) is 18.2 Å². The van der Waals surface area contributed by atoms with Crippen molar-refractivity contribution >= 4 is 11.9 Å².